The summed E-state index contributed by atoms with van der Waals surface area (Å²) in [6.07, 6.45) is 0.995. The van der Waals surface area contributed by atoms with Crippen LogP contribution in [0, 0.1) is 12.8 Å². The Bertz CT molecular complexity index is 523. The van der Waals surface area contributed by atoms with Crippen molar-refractivity contribution >= 4 is 17.5 Å². The summed E-state index contributed by atoms with van der Waals surface area (Å²) < 4.78 is 0. The van der Waals surface area contributed by atoms with Gasteiger partial charge in [0.1, 0.15) is 0 Å². The molecule has 1 fully saturated rings. The molecule has 20 heavy (non-hydrogen) atoms. The molecule has 1 aromatic carbocycles. The quantitative estimate of drug-likeness (QED) is 0.890. The SMILES string of the molecule is Cc1cccc(C(C)C)c1NC(=O)C1CCNC(=O)C1. The number of hydrogen-bond acceptors (Lipinski definition) is 2. The highest BCUT2D eigenvalue weighted by Gasteiger charge is 2.26. The van der Waals surface area contributed by atoms with Crippen LogP contribution in [0.3, 0.4) is 0 Å². The Morgan fingerprint density at radius 2 is 2.15 bits per heavy atom. The normalized spacial score (nSPS) is 18.8. The zero-order chi connectivity index (χ0) is 14.7. The van der Waals surface area contributed by atoms with Gasteiger partial charge in [0.25, 0.3) is 0 Å². The summed E-state index contributed by atoms with van der Waals surface area (Å²) in [5.74, 6) is 0.0459. The van der Waals surface area contributed by atoms with Crippen molar-refractivity contribution in [3.8, 4) is 0 Å². The minimum Gasteiger partial charge on any atom is -0.356 e. The zero-order valence-corrected chi connectivity index (χ0v) is 12.3. The molecule has 1 unspecified atom stereocenters. The Morgan fingerprint density at radius 1 is 1.40 bits per heavy atom. The van der Waals surface area contributed by atoms with Gasteiger partial charge in [-0.15, -0.1) is 0 Å². The number of para-hydroxylation sites is 1. The van der Waals surface area contributed by atoms with E-state index in [1.807, 2.05) is 25.1 Å². The Morgan fingerprint density at radius 3 is 2.80 bits per heavy atom. The summed E-state index contributed by atoms with van der Waals surface area (Å²) in [6.45, 7) is 6.80. The van der Waals surface area contributed by atoms with Crippen molar-refractivity contribution in [3.05, 3.63) is 29.3 Å². The fourth-order valence-corrected chi connectivity index (χ4v) is 2.58. The van der Waals surface area contributed by atoms with E-state index < -0.39 is 0 Å². The molecule has 0 spiro atoms. The predicted molar refractivity (Wildman–Crippen MR) is 79.6 cm³/mol. The van der Waals surface area contributed by atoms with Crippen LogP contribution in [0.25, 0.3) is 0 Å². The summed E-state index contributed by atoms with van der Waals surface area (Å²) in [5, 5.41) is 5.78. The third-order valence-corrected chi connectivity index (χ3v) is 3.79. The van der Waals surface area contributed by atoms with E-state index in [-0.39, 0.29) is 24.2 Å². The van der Waals surface area contributed by atoms with Crippen molar-refractivity contribution in [2.75, 3.05) is 11.9 Å². The number of aryl methyl sites for hydroxylation is 1. The van der Waals surface area contributed by atoms with E-state index in [0.717, 1.165) is 16.8 Å². The first-order valence-corrected chi connectivity index (χ1v) is 7.16. The average molecular weight is 274 g/mol. The number of rotatable bonds is 3. The van der Waals surface area contributed by atoms with E-state index >= 15 is 0 Å². The summed E-state index contributed by atoms with van der Waals surface area (Å²) >= 11 is 0. The smallest absolute Gasteiger partial charge is 0.228 e. The topological polar surface area (TPSA) is 58.2 Å². The average Bonchev–Trinajstić information content (AvgIpc) is 2.40. The molecule has 108 valence electrons. The lowest BCUT2D eigenvalue weighted by molar-refractivity contribution is -0.129. The monoisotopic (exact) mass is 274 g/mol. The fraction of sp³-hybridized carbons (Fsp3) is 0.500. The number of benzene rings is 1. The number of piperidine rings is 1. The lowest BCUT2D eigenvalue weighted by Gasteiger charge is -2.23. The molecule has 2 N–H and O–H groups in total. The first-order chi connectivity index (χ1) is 9.49. The summed E-state index contributed by atoms with van der Waals surface area (Å²) in [7, 11) is 0. The molecule has 2 amide bonds. The minimum absolute atomic E-state index is 0.0368. The summed E-state index contributed by atoms with van der Waals surface area (Å²) in [6, 6.07) is 6.05. The second kappa shape index (κ2) is 6.07. The number of carbonyl (C=O) groups excluding carboxylic acids is 2. The van der Waals surface area contributed by atoms with Gasteiger partial charge in [-0.25, -0.2) is 0 Å². The molecule has 4 heteroatoms. The van der Waals surface area contributed by atoms with Crippen LogP contribution < -0.4 is 10.6 Å². The van der Waals surface area contributed by atoms with E-state index in [2.05, 4.69) is 24.5 Å². The highest BCUT2D eigenvalue weighted by molar-refractivity contribution is 5.97. The van der Waals surface area contributed by atoms with Crippen molar-refractivity contribution < 1.29 is 9.59 Å². The molecule has 1 saturated heterocycles. The number of nitrogens with one attached hydrogen (secondary N) is 2. The van der Waals surface area contributed by atoms with E-state index in [0.29, 0.717) is 18.9 Å². The molecule has 1 aliphatic rings. The van der Waals surface area contributed by atoms with Crippen LogP contribution in [0.15, 0.2) is 18.2 Å². The van der Waals surface area contributed by atoms with E-state index in [1.54, 1.807) is 0 Å². The van der Waals surface area contributed by atoms with Gasteiger partial charge in [-0.2, -0.15) is 0 Å². The molecule has 0 saturated carbocycles. The van der Waals surface area contributed by atoms with Crippen LogP contribution in [0.5, 0.6) is 0 Å². The Hall–Kier alpha value is -1.84. The zero-order valence-electron chi connectivity index (χ0n) is 12.3. The Labute approximate surface area is 119 Å². The largest absolute Gasteiger partial charge is 0.356 e. The molecule has 1 atom stereocenters. The van der Waals surface area contributed by atoms with Crippen molar-refractivity contribution in [1.82, 2.24) is 5.32 Å². The first kappa shape index (κ1) is 14.6. The molecular weight excluding hydrogens is 252 g/mol. The van der Waals surface area contributed by atoms with Gasteiger partial charge < -0.3 is 10.6 Å². The van der Waals surface area contributed by atoms with Crippen LogP contribution in [0.4, 0.5) is 5.69 Å². The molecule has 0 aromatic heterocycles. The van der Waals surface area contributed by atoms with E-state index in [1.165, 1.54) is 0 Å². The lowest BCUT2D eigenvalue weighted by Crippen LogP contribution is -2.38. The molecule has 1 aliphatic heterocycles. The van der Waals surface area contributed by atoms with Gasteiger partial charge in [-0.3, -0.25) is 9.59 Å². The van der Waals surface area contributed by atoms with Gasteiger partial charge in [0.05, 0.1) is 0 Å². The molecule has 4 nitrogen and oxygen atoms in total. The number of hydrogen-bond donors (Lipinski definition) is 2. The van der Waals surface area contributed by atoms with Crippen LogP contribution in [-0.4, -0.2) is 18.4 Å². The molecule has 0 aliphatic carbocycles. The van der Waals surface area contributed by atoms with Crippen LogP contribution in [0.2, 0.25) is 0 Å². The van der Waals surface area contributed by atoms with E-state index in [9.17, 15) is 9.59 Å². The highest BCUT2D eigenvalue weighted by Crippen LogP contribution is 2.28. The maximum atomic E-state index is 12.3. The minimum atomic E-state index is -0.219. The van der Waals surface area contributed by atoms with Crippen molar-refractivity contribution in [2.24, 2.45) is 5.92 Å². The van der Waals surface area contributed by atoms with Crippen molar-refractivity contribution in [2.45, 2.75) is 39.5 Å². The second-order valence-corrected chi connectivity index (χ2v) is 5.72. The van der Waals surface area contributed by atoms with Gasteiger partial charge in [0.15, 0.2) is 0 Å². The standard InChI is InChI=1S/C16H22N2O2/c1-10(2)13-6-4-5-11(3)15(13)18-16(20)12-7-8-17-14(19)9-12/h4-6,10,12H,7-9H2,1-3H3,(H,17,19)(H,18,20). The number of carbonyl (C=O) groups is 2. The maximum absolute atomic E-state index is 12.3. The fourth-order valence-electron chi connectivity index (χ4n) is 2.58. The van der Waals surface area contributed by atoms with Crippen LogP contribution in [0.1, 0.15) is 43.7 Å². The van der Waals surface area contributed by atoms with Gasteiger partial charge >= 0.3 is 0 Å². The highest BCUT2D eigenvalue weighted by atomic mass is 16.2. The van der Waals surface area contributed by atoms with Crippen molar-refractivity contribution in [1.29, 1.82) is 0 Å². The summed E-state index contributed by atoms with van der Waals surface area (Å²) in [5.41, 5.74) is 3.10. The van der Waals surface area contributed by atoms with Gasteiger partial charge in [-0.1, -0.05) is 32.0 Å². The maximum Gasteiger partial charge on any atom is 0.228 e. The Balaban J connectivity index is 2.17. The lowest BCUT2D eigenvalue weighted by atomic mass is 9.94. The number of amides is 2. The molecule has 2 rings (SSSR count). The molecule has 1 aromatic rings. The van der Waals surface area contributed by atoms with Gasteiger partial charge in [0, 0.05) is 24.6 Å². The first-order valence-electron chi connectivity index (χ1n) is 7.16. The number of anilines is 1. The van der Waals surface area contributed by atoms with Crippen molar-refractivity contribution in [3.63, 3.8) is 0 Å². The van der Waals surface area contributed by atoms with Crippen LogP contribution in [-0.2, 0) is 9.59 Å². The van der Waals surface area contributed by atoms with Crippen LogP contribution >= 0.6 is 0 Å². The third kappa shape index (κ3) is 3.18. The molecular formula is C16H22N2O2. The molecule has 0 radical (unpaired) electrons. The van der Waals surface area contributed by atoms with Gasteiger partial charge in [-0.05, 0) is 30.4 Å². The molecule has 1 heterocycles. The predicted octanol–water partition coefficient (Wildman–Crippen LogP) is 2.58. The summed E-state index contributed by atoms with van der Waals surface area (Å²) in [4.78, 5) is 23.7. The third-order valence-electron chi connectivity index (χ3n) is 3.79. The van der Waals surface area contributed by atoms with E-state index in [4.69, 9.17) is 0 Å². The van der Waals surface area contributed by atoms with Gasteiger partial charge in [0.2, 0.25) is 11.8 Å². The molecule has 0 bridgehead atoms. The Kier molecular flexibility index (Phi) is 4.42. The second-order valence-electron chi connectivity index (χ2n) is 5.72.